The molecule has 206 valence electrons. The number of aromatic nitrogens is 1. The second-order valence-corrected chi connectivity index (χ2v) is 12.3. The lowest BCUT2D eigenvalue weighted by molar-refractivity contribution is 0.668. The second kappa shape index (κ2) is 8.93. The van der Waals surface area contributed by atoms with Crippen LogP contribution in [0.4, 0.5) is 17.1 Å². The van der Waals surface area contributed by atoms with Crippen LogP contribution in [0.5, 0.6) is 0 Å². The van der Waals surface area contributed by atoms with Gasteiger partial charge in [0.15, 0.2) is 0 Å². The van der Waals surface area contributed by atoms with Gasteiger partial charge in [0.1, 0.15) is 22.3 Å². The smallest absolute Gasteiger partial charge is 0.135 e. The molecule has 0 unspecified atom stereocenters. The number of thiophene rings is 1. The third-order valence-electron chi connectivity index (χ3n) is 8.63. The van der Waals surface area contributed by atoms with Crippen molar-refractivity contribution in [1.82, 2.24) is 4.98 Å². The van der Waals surface area contributed by atoms with E-state index in [1.807, 2.05) is 24.3 Å². The van der Waals surface area contributed by atoms with Gasteiger partial charge in [0.05, 0.1) is 21.4 Å². The summed E-state index contributed by atoms with van der Waals surface area (Å²) < 4.78 is 14.8. The number of furan rings is 2. The van der Waals surface area contributed by atoms with Gasteiger partial charge in [-0.3, -0.25) is 0 Å². The first-order valence-corrected chi connectivity index (χ1v) is 15.4. The van der Waals surface area contributed by atoms with Gasteiger partial charge in [-0.2, -0.15) is 0 Å². The van der Waals surface area contributed by atoms with Crippen LogP contribution in [0.15, 0.2) is 142 Å². The number of anilines is 3. The molecule has 4 aromatic heterocycles. The van der Waals surface area contributed by atoms with Crippen LogP contribution < -0.4 is 4.90 Å². The summed E-state index contributed by atoms with van der Waals surface area (Å²) in [5.41, 5.74) is 8.71. The maximum atomic E-state index is 6.21. The van der Waals surface area contributed by atoms with Gasteiger partial charge in [-0.1, -0.05) is 60.7 Å². The average Bonchev–Trinajstić information content (AvgIpc) is 3.74. The fraction of sp³-hybridized carbons (Fsp3) is 0. The summed E-state index contributed by atoms with van der Waals surface area (Å²) in [7, 11) is 0. The largest absolute Gasteiger partial charge is 0.456 e. The van der Waals surface area contributed by atoms with Gasteiger partial charge >= 0.3 is 0 Å². The molecule has 4 nitrogen and oxygen atoms in total. The molecule has 0 spiro atoms. The summed E-state index contributed by atoms with van der Waals surface area (Å²) in [6, 6.07) is 46.6. The second-order valence-electron chi connectivity index (χ2n) is 11.2. The molecule has 0 aliphatic rings. The van der Waals surface area contributed by atoms with Gasteiger partial charge in [-0.25, -0.2) is 4.98 Å². The van der Waals surface area contributed by atoms with E-state index in [-0.39, 0.29) is 0 Å². The molecule has 0 aliphatic carbocycles. The Morgan fingerprint density at radius 3 is 1.82 bits per heavy atom. The quantitative estimate of drug-likeness (QED) is 0.208. The molecule has 0 aliphatic heterocycles. The highest BCUT2D eigenvalue weighted by molar-refractivity contribution is 7.25. The molecule has 10 aromatic rings. The van der Waals surface area contributed by atoms with Crippen molar-refractivity contribution in [3.63, 3.8) is 0 Å². The molecule has 4 heterocycles. The molecular formula is C39H22N2O2S. The van der Waals surface area contributed by atoms with Crippen molar-refractivity contribution >= 4 is 103 Å². The van der Waals surface area contributed by atoms with Crippen molar-refractivity contribution in [3.05, 3.63) is 133 Å². The predicted molar refractivity (Wildman–Crippen MR) is 184 cm³/mol. The van der Waals surface area contributed by atoms with E-state index in [2.05, 4.69) is 114 Å². The zero-order valence-electron chi connectivity index (χ0n) is 23.3. The van der Waals surface area contributed by atoms with E-state index >= 15 is 0 Å². The fourth-order valence-electron chi connectivity index (χ4n) is 6.63. The molecule has 5 heteroatoms. The van der Waals surface area contributed by atoms with Crippen LogP contribution in [-0.2, 0) is 0 Å². The van der Waals surface area contributed by atoms with Crippen LogP contribution in [0.1, 0.15) is 0 Å². The molecular weight excluding hydrogens is 561 g/mol. The van der Waals surface area contributed by atoms with E-state index in [0.717, 1.165) is 82.7 Å². The Labute approximate surface area is 255 Å². The Balaban J connectivity index is 1.30. The van der Waals surface area contributed by atoms with Crippen molar-refractivity contribution in [2.75, 3.05) is 4.90 Å². The number of fused-ring (bicyclic) bond motifs is 10. The van der Waals surface area contributed by atoms with Gasteiger partial charge in [0, 0.05) is 48.4 Å². The average molecular weight is 583 g/mol. The normalized spacial score (nSPS) is 12.1. The van der Waals surface area contributed by atoms with Crippen molar-refractivity contribution in [2.24, 2.45) is 0 Å². The molecule has 0 amide bonds. The lowest BCUT2D eigenvalue weighted by Crippen LogP contribution is -2.10. The minimum atomic E-state index is 0.874. The van der Waals surface area contributed by atoms with Crippen LogP contribution in [0.2, 0.25) is 0 Å². The first-order valence-electron chi connectivity index (χ1n) is 14.6. The molecule has 0 atom stereocenters. The summed E-state index contributed by atoms with van der Waals surface area (Å²) in [5.74, 6) is 0. The Hall–Kier alpha value is -5.65. The maximum absolute atomic E-state index is 6.21. The van der Waals surface area contributed by atoms with Crippen LogP contribution >= 0.6 is 11.3 Å². The van der Waals surface area contributed by atoms with Crippen LogP contribution in [0.3, 0.4) is 0 Å². The summed E-state index contributed by atoms with van der Waals surface area (Å²) in [4.78, 5) is 7.57. The molecule has 10 rings (SSSR count). The molecule has 0 saturated carbocycles. The van der Waals surface area contributed by atoms with Crippen molar-refractivity contribution in [2.45, 2.75) is 0 Å². The minimum absolute atomic E-state index is 0.874. The Morgan fingerprint density at radius 2 is 1.11 bits per heavy atom. The van der Waals surface area contributed by atoms with Crippen LogP contribution in [0.25, 0.3) is 75.1 Å². The Kier molecular flexibility index (Phi) is 4.84. The number of pyridine rings is 1. The van der Waals surface area contributed by atoms with Gasteiger partial charge < -0.3 is 13.7 Å². The van der Waals surface area contributed by atoms with Crippen LogP contribution in [-0.4, -0.2) is 4.98 Å². The highest BCUT2D eigenvalue weighted by atomic mass is 32.1. The third kappa shape index (κ3) is 3.41. The van der Waals surface area contributed by atoms with Crippen molar-refractivity contribution < 1.29 is 8.83 Å². The highest BCUT2D eigenvalue weighted by Gasteiger charge is 2.22. The first-order chi connectivity index (χ1) is 21.8. The third-order valence-corrected chi connectivity index (χ3v) is 9.72. The fourth-order valence-corrected chi connectivity index (χ4v) is 7.75. The van der Waals surface area contributed by atoms with Crippen molar-refractivity contribution in [1.29, 1.82) is 0 Å². The maximum Gasteiger partial charge on any atom is 0.135 e. The van der Waals surface area contributed by atoms with Gasteiger partial charge in [-0.15, -0.1) is 11.3 Å². The zero-order chi connectivity index (χ0) is 28.8. The van der Waals surface area contributed by atoms with E-state index in [1.165, 1.54) is 9.40 Å². The van der Waals surface area contributed by atoms with E-state index in [1.54, 1.807) is 11.3 Å². The standard InChI is InChI=1S/C39H22N2O2S/c1-4-11-30-23(8-1)20-37-39(40-30)38-31(12-7-15-36(38)44-37)41(24-16-18-34-28(21-24)26-9-2-5-13-32(26)42-34)25-17-19-35-29(22-25)27-10-3-6-14-33(27)43-35/h1-22H. The minimum Gasteiger partial charge on any atom is -0.456 e. The zero-order valence-corrected chi connectivity index (χ0v) is 24.1. The molecule has 6 aromatic carbocycles. The number of benzene rings is 6. The summed E-state index contributed by atoms with van der Waals surface area (Å²) in [6.07, 6.45) is 0. The lowest BCUT2D eigenvalue weighted by Gasteiger charge is -2.26. The predicted octanol–water partition coefficient (Wildman–Crippen LogP) is 11.9. The molecule has 44 heavy (non-hydrogen) atoms. The summed E-state index contributed by atoms with van der Waals surface area (Å²) in [6.45, 7) is 0. The SMILES string of the molecule is c1ccc2nc3c(cc2c1)sc1cccc(N(c2ccc4oc5ccccc5c4c2)c2ccc4oc5ccccc5c4c2)c13. The highest BCUT2D eigenvalue weighted by Crippen LogP contribution is 2.46. The van der Waals surface area contributed by atoms with E-state index in [4.69, 9.17) is 13.8 Å². The van der Waals surface area contributed by atoms with E-state index in [9.17, 15) is 0 Å². The van der Waals surface area contributed by atoms with E-state index < -0.39 is 0 Å². The number of nitrogens with zero attached hydrogens (tertiary/aromatic N) is 2. The van der Waals surface area contributed by atoms with Crippen LogP contribution in [0, 0.1) is 0 Å². The van der Waals surface area contributed by atoms with Gasteiger partial charge in [0.25, 0.3) is 0 Å². The molecule has 0 fully saturated rings. The van der Waals surface area contributed by atoms with Crippen molar-refractivity contribution in [3.8, 4) is 0 Å². The summed E-state index contributed by atoms with van der Waals surface area (Å²) in [5, 5.41) is 6.68. The Bertz CT molecular complexity index is 2640. The lowest BCUT2D eigenvalue weighted by atomic mass is 10.1. The number of hydrogen-bond acceptors (Lipinski definition) is 5. The van der Waals surface area contributed by atoms with Gasteiger partial charge in [-0.05, 0) is 72.8 Å². The molecule has 0 saturated heterocycles. The molecule has 0 radical (unpaired) electrons. The number of hydrogen-bond donors (Lipinski definition) is 0. The first kappa shape index (κ1) is 23.9. The summed E-state index contributed by atoms with van der Waals surface area (Å²) >= 11 is 1.79. The number of rotatable bonds is 3. The monoisotopic (exact) mass is 582 g/mol. The van der Waals surface area contributed by atoms with E-state index in [0.29, 0.717) is 0 Å². The Morgan fingerprint density at radius 1 is 0.500 bits per heavy atom. The molecule has 0 bridgehead atoms. The molecule has 0 N–H and O–H groups in total. The van der Waals surface area contributed by atoms with Gasteiger partial charge in [0.2, 0.25) is 0 Å². The topological polar surface area (TPSA) is 42.4 Å². The number of para-hydroxylation sites is 3.